The van der Waals surface area contributed by atoms with Crippen molar-refractivity contribution < 1.29 is 73.2 Å². The van der Waals surface area contributed by atoms with Crippen LogP contribution in [0.4, 0.5) is 0 Å². The lowest BCUT2D eigenvalue weighted by molar-refractivity contribution is -0.153. The molecule has 7 aromatic carbocycles. The lowest BCUT2D eigenvalue weighted by Gasteiger charge is -2.49. The number of aromatic nitrogens is 4. The first kappa shape index (κ1) is 104. The van der Waals surface area contributed by atoms with E-state index in [9.17, 15) is 73.2 Å². The third-order valence-corrected chi connectivity index (χ3v) is 32.5. The quantitative estimate of drug-likeness (QED) is 0.0204. The summed E-state index contributed by atoms with van der Waals surface area (Å²) < 4.78 is 0. The largest absolute Gasteiger partial charge is 0.391 e. The SMILES string of the molecule is Cc1cccc(C(=O)N2C[C@H](O)C[C@H]2C(=O)NCc2ccc(-c3scnc3C)cc2)c1.Cc1ncsc1-c1ccc(CNC(=O)[C@@H]2C[C@@H](O)CN2C(=O)C2(N3Cc4ccccc4C3=O)CCC2)cc1.Cc1ncsc1-c1ccc(CNC(=O)[C@@H]2C[C@@H](O)CN2C(=O)[C@H](CS)NC(=O)CCC(C)C)cc1.Cc1ncsc1-c1ccc(CNC(=O)[C@@H]2C[C@@H](O)CN2C(=O)[C@H](c2cccs2)N2Cc3ccccc3C2=O)cc1. The number of hydrogen-bond acceptors (Lipinski definition) is 25. The number of benzene rings is 7. The summed E-state index contributed by atoms with van der Waals surface area (Å²) in [7, 11) is 0. The van der Waals surface area contributed by atoms with Gasteiger partial charge in [-0.15, -0.1) is 56.7 Å². The van der Waals surface area contributed by atoms with E-state index < -0.39 is 72.1 Å². The summed E-state index contributed by atoms with van der Waals surface area (Å²) in [6.07, 6.45) is 0.650. The Labute approximate surface area is 861 Å². The Morgan fingerprint density at radius 1 is 0.444 bits per heavy atom. The van der Waals surface area contributed by atoms with Gasteiger partial charge in [0.1, 0.15) is 41.8 Å². The number of nitrogens with one attached hydrogen (secondary N) is 5. The number of amides is 11. The topological polar surface area (TPSA) is 400 Å². The highest BCUT2D eigenvalue weighted by Crippen LogP contribution is 2.46. The van der Waals surface area contributed by atoms with Gasteiger partial charge in [-0.05, 0) is 158 Å². The number of rotatable bonds is 28. The molecule has 7 aliphatic rings. The number of β-amino-alcohol motifs (C(OH)–C–C–N with tert-alkyl or cyclic N) is 4. The smallest absolute Gasteiger partial charge is 0.255 e. The van der Waals surface area contributed by atoms with Crippen LogP contribution in [0.25, 0.3) is 41.8 Å². The highest BCUT2D eigenvalue weighted by molar-refractivity contribution is 7.80. The fourth-order valence-electron chi connectivity index (χ4n) is 19.3. The van der Waals surface area contributed by atoms with Crippen molar-refractivity contribution in [3.8, 4) is 41.8 Å². The standard InChI is InChI=1S/C30H28N4O4S2.C29H30N4O4S.C25H34N4O4S2.C24H25N3O3S/c1-18-27(40-17-32-18)20-10-8-19(9-11-20)14-31-28(36)24-13-22(35)16-33(24)30(38)26(25-7-4-12-39-25)34-15-21-5-2-3-6-23(21)29(34)37;1-18-25(38-17-31-18)20-9-7-19(8-10-20)14-30-26(35)24-13-22(34)16-32(24)28(37)29(11-4-12-29)33-15-21-5-2-3-6-23(21)27(33)36;1-15(2)4-9-22(31)28-20(13-34)25(33)29-12-19(30)10-21(29)24(32)26-11-17-5-7-18(8-6-17)23-16(3)27-14-35-23;1-15-4-3-5-19(10-15)24(30)27-13-20(28)11-21(27)23(29)25-12-17-6-8-18(9-7-17)22-16(2)26-14-31-22/h2-12,17,22,24,26,35H,13-16H2,1H3,(H,31,36);2-3,5-10,17,22,24,34H,4,11-16H2,1H3,(H,30,35);5-8,14-15,19-21,30,34H,4,9-13H2,1-3H3,(H,26,32)(H,28,31);3-10,14,20-21,28H,11-13H2,1-2H3,(H,25,29)/t22-,24+,26+;22-,24+;19-,20+,21+;20-,21+/m1111/s1. The highest BCUT2D eigenvalue weighted by atomic mass is 32.1. The minimum absolute atomic E-state index is 0.0384. The monoisotopic (exact) mass is 2060 g/mol. The van der Waals surface area contributed by atoms with Gasteiger partial charge in [0, 0.05) is 125 Å². The molecule has 750 valence electrons. The predicted octanol–water partition coefficient (Wildman–Crippen LogP) is 13.3. The van der Waals surface area contributed by atoms with E-state index in [0.717, 1.165) is 121 Å². The minimum atomic E-state index is -0.955. The van der Waals surface area contributed by atoms with E-state index in [2.05, 4.69) is 59.1 Å². The second-order valence-corrected chi connectivity index (χ2v) is 42.6. The number of thiazole rings is 4. The first-order valence-corrected chi connectivity index (χ1v) is 53.2. The molecule has 9 N–H and O–H groups in total. The second-order valence-electron chi connectivity index (χ2n) is 37.8. The summed E-state index contributed by atoms with van der Waals surface area (Å²) in [5.41, 5.74) is 22.9. The van der Waals surface area contributed by atoms with Crippen LogP contribution in [0.5, 0.6) is 0 Å². The molecule has 6 aliphatic heterocycles. The van der Waals surface area contributed by atoms with Crippen LogP contribution < -0.4 is 26.6 Å². The third-order valence-electron chi connectivity index (χ3n) is 27.3. The summed E-state index contributed by atoms with van der Waals surface area (Å²) in [5, 5.41) is 57.6. The average molecular weight is 2060 g/mol. The number of aliphatic hydroxyl groups is 4. The van der Waals surface area contributed by atoms with E-state index in [-0.39, 0.29) is 117 Å². The van der Waals surface area contributed by atoms with E-state index in [0.29, 0.717) is 81.1 Å². The average Bonchev–Trinajstić information content (AvgIpc) is 1.55. The molecular weight excluding hydrogens is 1940 g/mol. The lowest BCUT2D eigenvalue weighted by atomic mass is 9.74. The number of thiol groups is 1. The maximum atomic E-state index is 14.1. The molecule has 11 heterocycles. The van der Waals surface area contributed by atoms with Crippen LogP contribution >= 0.6 is 69.3 Å². The molecular formula is C108H117N15O15S6. The summed E-state index contributed by atoms with van der Waals surface area (Å²) in [5.74, 6) is -2.49. The zero-order valence-corrected chi connectivity index (χ0v) is 85.9. The number of aryl methyl sites for hydroxylation is 5. The fourth-order valence-corrected chi connectivity index (χ4v) is 23.6. The minimum Gasteiger partial charge on any atom is -0.391 e. The van der Waals surface area contributed by atoms with E-state index in [1.165, 1.54) is 30.9 Å². The molecule has 1 saturated carbocycles. The van der Waals surface area contributed by atoms with Crippen LogP contribution in [-0.4, -0.2) is 227 Å². The highest BCUT2D eigenvalue weighted by Gasteiger charge is 2.58. The first-order valence-electron chi connectivity index (χ1n) is 48.2. The predicted molar refractivity (Wildman–Crippen MR) is 558 cm³/mol. The van der Waals surface area contributed by atoms with E-state index in [4.69, 9.17) is 0 Å². The van der Waals surface area contributed by atoms with Gasteiger partial charge in [0.2, 0.25) is 41.4 Å². The summed E-state index contributed by atoms with van der Waals surface area (Å²) in [6, 6.07) is 52.8. The summed E-state index contributed by atoms with van der Waals surface area (Å²) >= 11 is 12.0. The number of carbonyl (C=O) groups is 11. The Bertz CT molecular complexity index is 6630. The zero-order chi connectivity index (χ0) is 102. The second kappa shape index (κ2) is 46.9. The Kier molecular flexibility index (Phi) is 33.8. The maximum Gasteiger partial charge on any atom is 0.255 e. The van der Waals surface area contributed by atoms with Gasteiger partial charge in [0.25, 0.3) is 23.6 Å². The molecule has 4 saturated heterocycles. The number of aliphatic hydroxyl groups excluding tert-OH is 4. The van der Waals surface area contributed by atoms with Crippen molar-refractivity contribution in [1.82, 2.24) is 75.9 Å². The normalized spacial score (nSPS) is 19.5. The molecule has 30 nitrogen and oxygen atoms in total. The molecule has 0 spiro atoms. The van der Waals surface area contributed by atoms with Crippen LogP contribution in [0.1, 0.15) is 175 Å². The van der Waals surface area contributed by atoms with Gasteiger partial charge in [-0.1, -0.05) is 171 Å². The lowest BCUT2D eigenvalue weighted by Crippen LogP contribution is -2.65. The number of nitrogens with zero attached hydrogens (tertiary/aromatic N) is 10. The van der Waals surface area contributed by atoms with E-state index >= 15 is 0 Å². The van der Waals surface area contributed by atoms with Crippen LogP contribution in [-0.2, 0) is 77.6 Å². The van der Waals surface area contributed by atoms with Gasteiger partial charge in [-0.2, -0.15) is 12.6 Å². The molecule has 12 aromatic rings. The van der Waals surface area contributed by atoms with Gasteiger partial charge in [-0.25, -0.2) is 19.9 Å². The number of likely N-dealkylation sites (tertiary alicyclic amines) is 4. The fraction of sp³-hybridized carbons (Fsp3) is 0.361. The van der Waals surface area contributed by atoms with E-state index in [1.807, 2.05) is 234 Å². The molecule has 0 bridgehead atoms. The van der Waals surface area contributed by atoms with Crippen molar-refractivity contribution in [2.45, 2.75) is 212 Å². The Balaban J connectivity index is 0.000000138. The van der Waals surface area contributed by atoms with Crippen molar-refractivity contribution in [1.29, 1.82) is 0 Å². The van der Waals surface area contributed by atoms with Crippen LogP contribution in [0.2, 0.25) is 0 Å². The first-order chi connectivity index (χ1) is 69.4. The summed E-state index contributed by atoms with van der Waals surface area (Å²) in [6.45, 7) is 16.2. The maximum absolute atomic E-state index is 14.1. The van der Waals surface area contributed by atoms with Gasteiger partial charge < -0.3 is 76.4 Å². The van der Waals surface area contributed by atoms with Crippen LogP contribution in [0.3, 0.4) is 0 Å². The molecule has 5 fully saturated rings. The molecule has 11 amide bonds. The number of carbonyl (C=O) groups excluding carboxylic acids is 11. The molecule has 36 heteroatoms. The molecule has 0 radical (unpaired) electrons. The molecule has 5 aromatic heterocycles. The van der Waals surface area contributed by atoms with Crippen LogP contribution in [0.15, 0.2) is 209 Å². The van der Waals surface area contributed by atoms with Gasteiger partial charge in [-0.3, -0.25) is 52.7 Å². The zero-order valence-electron chi connectivity index (χ0n) is 80.9. The number of thiophene rings is 1. The van der Waals surface area contributed by atoms with Crippen molar-refractivity contribution in [2.24, 2.45) is 5.92 Å². The van der Waals surface area contributed by atoms with Gasteiger partial charge >= 0.3 is 0 Å². The van der Waals surface area contributed by atoms with Gasteiger partial charge in [0.15, 0.2) is 0 Å². The van der Waals surface area contributed by atoms with Crippen molar-refractivity contribution in [2.75, 3.05) is 31.9 Å². The molecule has 10 atom stereocenters. The van der Waals surface area contributed by atoms with E-state index in [1.54, 1.807) is 79.4 Å². The van der Waals surface area contributed by atoms with Gasteiger partial charge in [0.05, 0.1) is 88.7 Å². The third kappa shape index (κ3) is 24.0. The number of hydrogen-bond donors (Lipinski definition) is 10. The summed E-state index contributed by atoms with van der Waals surface area (Å²) in [4.78, 5) is 177. The Morgan fingerprint density at radius 3 is 1.20 bits per heavy atom. The molecule has 0 unspecified atom stereocenters. The van der Waals surface area contributed by atoms with Crippen LogP contribution in [0, 0.1) is 40.5 Å². The molecule has 19 rings (SSSR count). The Hall–Kier alpha value is -12.9. The molecule has 1 aliphatic carbocycles. The van der Waals surface area contributed by atoms with Crippen molar-refractivity contribution in [3.05, 3.63) is 293 Å². The Morgan fingerprint density at radius 2 is 0.833 bits per heavy atom. The number of fused-ring (bicyclic) bond motifs is 2. The van der Waals surface area contributed by atoms with Crippen molar-refractivity contribution in [3.63, 3.8) is 0 Å². The molecule has 144 heavy (non-hydrogen) atoms. The van der Waals surface area contributed by atoms with Crippen molar-refractivity contribution >= 4 is 134 Å².